The molecule has 0 aliphatic rings. The molecule has 3 N–H and O–H groups in total. The summed E-state index contributed by atoms with van der Waals surface area (Å²) in [5.74, 6) is 0.556. The summed E-state index contributed by atoms with van der Waals surface area (Å²) in [5.41, 5.74) is 8.11. The first-order chi connectivity index (χ1) is 15.3. The van der Waals surface area contributed by atoms with Crippen molar-refractivity contribution >= 4 is 13.4 Å². The summed E-state index contributed by atoms with van der Waals surface area (Å²) in [6.07, 6.45) is 1.90. The predicted molar refractivity (Wildman–Crippen MR) is 112 cm³/mol. The number of pyridine rings is 2. The van der Waals surface area contributed by atoms with Crippen molar-refractivity contribution in [1.82, 2.24) is 10.1 Å². The molecule has 32 heavy (non-hydrogen) atoms. The fourth-order valence-corrected chi connectivity index (χ4v) is 3.39. The van der Waals surface area contributed by atoms with E-state index in [1.54, 1.807) is 36.4 Å². The summed E-state index contributed by atoms with van der Waals surface area (Å²) < 4.78 is 41.6. The molecule has 0 bridgehead atoms. The number of nitrogen functional groups attached to an aromatic ring is 1. The molecule has 3 aromatic heterocycles. The number of hydrogen-bond donors (Lipinski definition) is 2. The summed E-state index contributed by atoms with van der Waals surface area (Å²) in [6.45, 7) is 1.06. The Morgan fingerprint density at radius 2 is 1.97 bits per heavy atom. The number of rotatable bonds is 7. The smallest absolute Gasteiger partial charge is 0.415 e. The monoisotopic (exact) mass is 457 g/mol. The average Bonchev–Trinajstić information content (AvgIpc) is 3.18. The summed E-state index contributed by atoms with van der Waals surface area (Å²) >= 11 is 0. The number of hydrogen-bond acceptors (Lipinski definition) is 7. The molecule has 4 rings (SSSR count). The summed E-state index contributed by atoms with van der Waals surface area (Å²) in [6, 6.07) is 16.5. The van der Waals surface area contributed by atoms with Crippen molar-refractivity contribution in [1.29, 1.82) is 0 Å². The van der Waals surface area contributed by atoms with E-state index in [0.29, 0.717) is 29.2 Å². The van der Waals surface area contributed by atoms with Gasteiger partial charge in [-0.15, -0.1) is 0 Å². The van der Waals surface area contributed by atoms with E-state index in [1.165, 1.54) is 18.3 Å². The summed E-state index contributed by atoms with van der Waals surface area (Å²) in [4.78, 5) is 13.1. The summed E-state index contributed by atoms with van der Waals surface area (Å²) in [7, 11) is -3.79. The number of ether oxygens (including phenoxy) is 1. The molecular weight excluding hydrogens is 438 g/mol. The van der Waals surface area contributed by atoms with Gasteiger partial charge in [-0.1, -0.05) is 23.4 Å². The zero-order valence-electron chi connectivity index (χ0n) is 16.9. The van der Waals surface area contributed by atoms with Crippen LogP contribution < -0.4 is 19.8 Å². The Kier molecular flexibility index (Phi) is 5.89. The maximum Gasteiger partial charge on any atom is 0.415 e. The van der Waals surface area contributed by atoms with Crippen LogP contribution in [0.3, 0.4) is 0 Å². The van der Waals surface area contributed by atoms with E-state index in [0.717, 1.165) is 17.0 Å². The molecule has 4 aromatic rings. The SMILES string of the molecule is CP(=O)(O)O[n+]1cccc(-c2cc(Cc3ccc(Oc4cccc(F)n4)cc3)no2)c1N. The van der Waals surface area contributed by atoms with Gasteiger partial charge in [0.05, 0.1) is 12.4 Å². The number of benzene rings is 1. The molecule has 0 amide bonds. The van der Waals surface area contributed by atoms with Gasteiger partial charge in [0.1, 0.15) is 17.5 Å². The van der Waals surface area contributed by atoms with Crippen LogP contribution in [0.15, 0.2) is 71.4 Å². The highest BCUT2D eigenvalue weighted by molar-refractivity contribution is 7.51. The van der Waals surface area contributed by atoms with E-state index in [4.69, 9.17) is 19.6 Å². The standard InChI is InChI=1S/C21H18FN4O5P/c1-32(27,28)31-26-11-3-4-17(21(26)23)18-13-15(25-30-18)12-14-7-9-16(10-8-14)29-20-6-2-5-19(22)24-20/h2-11,13,23H,12H2,1H3,(H,27,28)/p+1. The van der Waals surface area contributed by atoms with Crippen LogP contribution in [0.25, 0.3) is 11.3 Å². The third kappa shape index (κ3) is 5.29. The number of nitrogens with zero attached hydrogens (tertiary/aromatic N) is 3. The van der Waals surface area contributed by atoms with E-state index < -0.39 is 13.5 Å². The number of anilines is 1. The molecule has 0 aliphatic carbocycles. The number of nitrogens with two attached hydrogens (primary N) is 1. The van der Waals surface area contributed by atoms with Crippen molar-refractivity contribution in [2.45, 2.75) is 6.42 Å². The van der Waals surface area contributed by atoms with E-state index in [-0.39, 0.29) is 11.7 Å². The fraction of sp³-hybridized carbons (Fsp3) is 0.0952. The van der Waals surface area contributed by atoms with Crippen LogP contribution in [0.2, 0.25) is 0 Å². The Morgan fingerprint density at radius 3 is 2.69 bits per heavy atom. The van der Waals surface area contributed by atoms with E-state index in [2.05, 4.69) is 10.1 Å². The minimum atomic E-state index is -3.79. The summed E-state index contributed by atoms with van der Waals surface area (Å²) in [5, 5.41) is 4.07. The van der Waals surface area contributed by atoms with Crippen LogP contribution in [0.1, 0.15) is 11.3 Å². The van der Waals surface area contributed by atoms with Gasteiger partial charge in [0.25, 0.3) is 0 Å². The average molecular weight is 457 g/mol. The fourth-order valence-electron chi connectivity index (χ4n) is 2.92. The lowest BCUT2D eigenvalue weighted by Gasteiger charge is -2.07. The highest BCUT2D eigenvalue weighted by Gasteiger charge is 2.23. The van der Waals surface area contributed by atoms with Crippen molar-refractivity contribution in [3.8, 4) is 23.0 Å². The molecule has 0 fully saturated rings. The van der Waals surface area contributed by atoms with Gasteiger partial charge in [0.2, 0.25) is 11.8 Å². The lowest BCUT2D eigenvalue weighted by Crippen LogP contribution is -2.43. The zero-order valence-corrected chi connectivity index (χ0v) is 17.8. The molecule has 1 atom stereocenters. The maximum absolute atomic E-state index is 13.2. The molecule has 9 nitrogen and oxygen atoms in total. The van der Waals surface area contributed by atoms with Crippen molar-refractivity contribution in [3.63, 3.8) is 0 Å². The molecule has 11 heteroatoms. The van der Waals surface area contributed by atoms with E-state index >= 15 is 0 Å². The van der Waals surface area contributed by atoms with Crippen molar-refractivity contribution in [3.05, 3.63) is 84.1 Å². The van der Waals surface area contributed by atoms with Crippen LogP contribution >= 0.6 is 7.60 Å². The second-order valence-electron chi connectivity index (χ2n) is 6.92. The van der Waals surface area contributed by atoms with Gasteiger partial charge in [-0.2, -0.15) is 9.37 Å². The number of aromatic nitrogens is 3. The quantitative estimate of drug-likeness (QED) is 0.246. The Morgan fingerprint density at radius 1 is 1.19 bits per heavy atom. The van der Waals surface area contributed by atoms with Gasteiger partial charge < -0.3 is 14.2 Å². The van der Waals surface area contributed by atoms with Gasteiger partial charge >= 0.3 is 13.4 Å². The Balaban J connectivity index is 1.47. The molecule has 0 saturated carbocycles. The lowest BCUT2D eigenvalue weighted by atomic mass is 10.1. The molecular formula is C21H19FN4O5P+. The molecule has 1 unspecified atom stereocenters. The minimum Gasteiger partial charge on any atom is -0.439 e. The van der Waals surface area contributed by atoms with Crippen LogP contribution in [0.4, 0.5) is 10.2 Å². The molecule has 0 spiro atoms. The highest BCUT2D eigenvalue weighted by atomic mass is 31.2. The first kappa shape index (κ1) is 21.5. The van der Waals surface area contributed by atoms with Crippen LogP contribution in [-0.4, -0.2) is 21.7 Å². The predicted octanol–water partition coefficient (Wildman–Crippen LogP) is 3.37. The van der Waals surface area contributed by atoms with Gasteiger partial charge in [-0.05, 0) is 40.6 Å². The van der Waals surface area contributed by atoms with Gasteiger partial charge in [0.15, 0.2) is 5.76 Å². The molecule has 0 radical (unpaired) electrons. The topological polar surface area (TPSA) is 125 Å². The van der Waals surface area contributed by atoms with Crippen LogP contribution in [0, 0.1) is 5.95 Å². The van der Waals surface area contributed by atoms with Crippen molar-refractivity contribution < 1.29 is 32.5 Å². The lowest BCUT2D eigenvalue weighted by molar-refractivity contribution is -0.847. The first-order valence-corrected chi connectivity index (χ1v) is 11.5. The van der Waals surface area contributed by atoms with Gasteiger partial charge in [-0.25, -0.2) is 4.57 Å². The van der Waals surface area contributed by atoms with Crippen molar-refractivity contribution in [2.24, 2.45) is 0 Å². The second-order valence-corrected chi connectivity index (χ2v) is 8.69. The minimum absolute atomic E-state index is 0.0961. The highest BCUT2D eigenvalue weighted by Crippen LogP contribution is 2.31. The van der Waals surface area contributed by atoms with E-state index in [9.17, 15) is 13.8 Å². The molecule has 0 saturated heterocycles. The Labute approximate surface area is 182 Å². The normalized spacial score (nSPS) is 12.8. The molecule has 0 aliphatic heterocycles. The van der Waals surface area contributed by atoms with E-state index in [1.807, 2.05) is 12.1 Å². The van der Waals surface area contributed by atoms with Crippen LogP contribution in [-0.2, 0) is 11.0 Å². The third-order valence-corrected chi connectivity index (χ3v) is 4.76. The Hall–Kier alpha value is -3.75. The third-order valence-electron chi connectivity index (χ3n) is 4.28. The van der Waals surface area contributed by atoms with Crippen LogP contribution in [0.5, 0.6) is 11.6 Å². The zero-order chi connectivity index (χ0) is 22.7. The van der Waals surface area contributed by atoms with Gasteiger partial charge in [-0.3, -0.25) is 10.4 Å². The maximum atomic E-state index is 13.2. The van der Waals surface area contributed by atoms with Crippen molar-refractivity contribution in [2.75, 3.05) is 12.4 Å². The largest absolute Gasteiger partial charge is 0.439 e. The first-order valence-electron chi connectivity index (χ1n) is 9.43. The molecule has 164 valence electrons. The van der Waals surface area contributed by atoms with Gasteiger partial charge in [0, 0.05) is 18.6 Å². The number of halogens is 1. The Bertz CT molecular complexity index is 1290. The molecule has 3 heterocycles. The second kappa shape index (κ2) is 8.78. The molecule has 1 aromatic carbocycles.